The van der Waals surface area contributed by atoms with E-state index in [1.165, 1.54) is 0 Å². The van der Waals surface area contributed by atoms with E-state index in [9.17, 15) is 9.32 Å². The molecule has 0 radical (unpaired) electrons. The minimum atomic E-state index is -0.831. The van der Waals surface area contributed by atoms with Gasteiger partial charge in [0, 0.05) is 41.0 Å². The molecule has 0 aliphatic carbocycles. The van der Waals surface area contributed by atoms with Crippen LogP contribution in [-0.2, 0) is 17.3 Å². The van der Waals surface area contributed by atoms with Crippen LogP contribution >= 0.6 is 0 Å². The molecule has 2 N–H and O–H groups in total. The number of benzene rings is 1. The molecule has 1 rings (SSSR count). The molecule has 102 valence electrons. The lowest BCUT2D eigenvalue weighted by Crippen LogP contribution is -2.27. The molecule has 0 fully saturated rings. The summed E-state index contributed by atoms with van der Waals surface area (Å²) in [6.45, 7) is 5.52. The Bertz CT molecular complexity index is 409. The lowest BCUT2D eigenvalue weighted by Gasteiger charge is -2.12. The molecular formula is C13H21NO3S. The third kappa shape index (κ3) is 4.31. The molecule has 4 nitrogen and oxygen atoms in total. The number of phenols is 1. The van der Waals surface area contributed by atoms with Crippen molar-refractivity contribution in [2.45, 2.75) is 25.6 Å². The molecule has 2 unspecified atom stereocenters. The summed E-state index contributed by atoms with van der Waals surface area (Å²) in [6, 6.07) is 5.44. The van der Waals surface area contributed by atoms with Crippen LogP contribution in [0.25, 0.3) is 0 Å². The van der Waals surface area contributed by atoms with Crippen LogP contribution in [-0.4, -0.2) is 34.0 Å². The number of rotatable bonds is 7. The smallest absolute Gasteiger partial charge is 0.162 e. The van der Waals surface area contributed by atoms with Gasteiger partial charge in [0.1, 0.15) is 0 Å². The Morgan fingerprint density at radius 3 is 2.83 bits per heavy atom. The summed E-state index contributed by atoms with van der Waals surface area (Å²) >= 11 is 0. The van der Waals surface area contributed by atoms with Gasteiger partial charge in [-0.05, 0) is 19.9 Å². The van der Waals surface area contributed by atoms with E-state index in [1.807, 2.05) is 26.0 Å². The first-order valence-corrected chi connectivity index (χ1v) is 7.65. The summed E-state index contributed by atoms with van der Waals surface area (Å²) in [4.78, 5) is 0. The first-order valence-electron chi connectivity index (χ1n) is 6.02. The zero-order valence-electron chi connectivity index (χ0n) is 11.1. The highest BCUT2D eigenvalue weighted by Gasteiger charge is 2.09. The lowest BCUT2D eigenvalue weighted by molar-refractivity contribution is 0.316. The predicted molar refractivity (Wildman–Crippen MR) is 74.5 cm³/mol. The Morgan fingerprint density at radius 2 is 2.22 bits per heavy atom. The highest BCUT2D eigenvalue weighted by atomic mass is 32.2. The largest absolute Gasteiger partial charge is 0.504 e. The molecule has 1 aromatic carbocycles. The maximum atomic E-state index is 11.2. The van der Waals surface area contributed by atoms with E-state index in [4.69, 9.17) is 4.74 Å². The van der Waals surface area contributed by atoms with Crippen LogP contribution in [0.2, 0.25) is 0 Å². The summed E-state index contributed by atoms with van der Waals surface area (Å²) in [7, 11) is -0.831. The van der Waals surface area contributed by atoms with Crippen molar-refractivity contribution in [2.24, 2.45) is 0 Å². The van der Waals surface area contributed by atoms with Crippen molar-refractivity contribution < 1.29 is 14.1 Å². The maximum Gasteiger partial charge on any atom is 0.162 e. The van der Waals surface area contributed by atoms with Crippen LogP contribution in [0.5, 0.6) is 11.5 Å². The van der Waals surface area contributed by atoms with Crippen molar-refractivity contribution in [2.75, 3.05) is 19.4 Å². The van der Waals surface area contributed by atoms with Gasteiger partial charge >= 0.3 is 0 Å². The number of hydrogen-bond acceptors (Lipinski definition) is 4. The third-order valence-electron chi connectivity index (χ3n) is 2.70. The van der Waals surface area contributed by atoms with E-state index in [1.54, 1.807) is 12.3 Å². The molecule has 0 aromatic heterocycles. The molecule has 0 bridgehead atoms. The fourth-order valence-electron chi connectivity index (χ4n) is 1.51. The number of ether oxygens (including phenoxy) is 1. The molecule has 0 saturated heterocycles. The Kier molecular flexibility index (Phi) is 6.15. The van der Waals surface area contributed by atoms with Crippen molar-refractivity contribution in [1.29, 1.82) is 0 Å². The summed E-state index contributed by atoms with van der Waals surface area (Å²) in [6.07, 6.45) is 1.69. The van der Waals surface area contributed by atoms with Gasteiger partial charge in [0.2, 0.25) is 0 Å². The van der Waals surface area contributed by atoms with Crippen LogP contribution in [0.1, 0.15) is 19.4 Å². The van der Waals surface area contributed by atoms with Crippen molar-refractivity contribution in [1.82, 2.24) is 5.32 Å². The summed E-state index contributed by atoms with van der Waals surface area (Å²) in [5.74, 6) is 0.682. The molecule has 0 amide bonds. The number of aromatic hydroxyl groups is 1. The van der Waals surface area contributed by atoms with Gasteiger partial charge in [-0.25, -0.2) is 0 Å². The first-order chi connectivity index (χ1) is 8.56. The van der Waals surface area contributed by atoms with Gasteiger partial charge in [-0.3, -0.25) is 4.21 Å². The zero-order valence-corrected chi connectivity index (χ0v) is 11.9. The Labute approximate surface area is 111 Å². The molecule has 0 saturated carbocycles. The maximum absolute atomic E-state index is 11.2. The van der Waals surface area contributed by atoms with Crippen LogP contribution < -0.4 is 10.1 Å². The Balaban J connectivity index is 2.57. The molecular weight excluding hydrogens is 250 g/mol. The minimum absolute atomic E-state index is 0.0993. The second-order valence-corrected chi connectivity index (χ2v) is 5.94. The molecule has 0 spiro atoms. The normalized spacial score (nSPS) is 14.2. The molecule has 0 aliphatic heterocycles. The van der Waals surface area contributed by atoms with E-state index in [2.05, 4.69) is 5.32 Å². The topological polar surface area (TPSA) is 58.6 Å². The Hall–Kier alpha value is -1.07. The van der Waals surface area contributed by atoms with Crippen molar-refractivity contribution in [3.8, 4) is 11.5 Å². The SMILES string of the molecule is CCOc1cccc(CNCC(C)S(C)=O)c1O. The van der Waals surface area contributed by atoms with E-state index in [0.29, 0.717) is 25.4 Å². The van der Waals surface area contributed by atoms with Crippen LogP contribution in [0, 0.1) is 0 Å². The highest BCUT2D eigenvalue weighted by Crippen LogP contribution is 2.29. The molecule has 0 aliphatic rings. The monoisotopic (exact) mass is 271 g/mol. The third-order valence-corrected chi connectivity index (χ3v) is 4.00. The van der Waals surface area contributed by atoms with E-state index >= 15 is 0 Å². The standard InChI is InChI=1S/C13H21NO3S/c1-4-17-12-7-5-6-11(13(12)15)9-14-8-10(2)18(3)16/h5-7,10,14-15H,4,8-9H2,1-3H3. The highest BCUT2D eigenvalue weighted by molar-refractivity contribution is 7.84. The van der Waals surface area contributed by atoms with E-state index < -0.39 is 10.8 Å². The van der Waals surface area contributed by atoms with Gasteiger partial charge in [0.05, 0.1) is 6.61 Å². The van der Waals surface area contributed by atoms with Gasteiger partial charge < -0.3 is 15.2 Å². The van der Waals surface area contributed by atoms with Crippen molar-refractivity contribution in [3.63, 3.8) is 0 Å². The van der Waals surface area contributed by atoms with Crippen LogP contribution in [0.15, 0.2) is 18.2 Å². The van der Waals surface area contributed by atoms with E-state index in [0.717, 1.165) is 5.56 Å². The zero-order chi connectivity index (χ0) is 13.5. The molecule has 5 heteroatoms. The quantitative estimate of drug-likeness (QED) is 0.791. The van der Waals surface area contributed by atoms with Crippen LogP contribution in [0.4, 0.5) is 0 Å². The first kappa shape index (κ1) is 15.0. The van der Waals surface area contributed by atoms with Gasteiger partial charge in [-0.1, -0.05) is 12.1 Å². The van der Waals surface area contributed by atoms with Gasteiger partial charge in [-0.2, -0.15) is 0 Å². The van der Waals surface area contributed by atoms with Crippen LogP contribution in [0.3, 0.4) is 0 Å². The predicted octanol–water partition coefficient (Wildman–Crippen LogP) is 1.65. The summed E-state index contributed by atoms with van der Waals surface area (Å²) in [5, 5.41) is 13.3. The number of para-hydroxylation sites is 1. The lowest BCUT2D eigenvalue weighted by atomic mass is 10.2. The molecule has 18 heavy (non-hydrogen) atoms. The van der Waals surface area contributed by atoms with E-state index in [-0.39, 0.29) is 11.0 Å². The number of nitrogens with one attached hydrogen (secondary N) is 1. The van der Waals surface area contributed by atoms with Gasteiger partial charge in [0.15, 0.2) is 11.5 Å². The minimum Gasteiger partial charge on any atom is -0.504 e. The fourth-order valence-corrected chi connectivity index (χ4v) is 1.86. The van der Waals surface area contributed by atoms with Crippen molar-refractivity contribution >= 4 is 10.8 Å². The van der Waals surface area contributed by atoms with Gasteiger partial charge in [-0.15, -0.1) is 0 Å². The molecule has 0 heterocycles. The Morgan fingerprint density at radius 1 is 1.50 bits per heavy atom. The number of hydrogen-bond donors (Lipinski definition) is 2. The van der Waals surface area contributed by atoms with Crippen molar-refractivity contribution in [3.05, 3.63) is 23.8 Å². The molecule has 2 atom stereocenters. The summed E-state index contributed by atoms with van der Waals surface area (Å²) in [5.41, 5.74) is 0.787. The fraction of sp³-hybridized carbons (Fsp3) is 0.538. The van der Waals surface area contributed by atoms with Gasteiger partial charge in [0.25, 0.3) is 0 Å². The number of phenolic OH excluding ortho intramolecular Hbond substituents is 1. The second kappa shape index (κ2) is 7.38. The average molecular weight is 271 g/mol. The second-order valence-electron chi connectivity index (χ2n) is 4.14. The molecule has 1 aromatic rings. The summed E-state index contributed by atoms with van der Waals surface area (Å²) < 4.78 is 16.5. The average Bonchev–Trinajstić information content (AvgIpc) is 2.33.